The minimum absolute atomic E-state index is 0.218. The fourth-order valence-corrected chi connectivity index (χ4v) is 5.83. The molecule has 1 aliphatic heterocycles. The lowest BCUT2D eigenvalue weighted by Crippen LogP contribution is -2.39. The average molecular weight is 336 g/mol. The Hall–Kier alpha value is -1.24. The summed E-state index contributed by atoms with van der Waals surface area (Å²) >= 11 is 1.44. The van der Waals surface area contributed by atoms with Crippen LogP contribution in [-0.4, -0.2) is 30.8 Å². The van der Waals surface area contributed by atoms with E-state index < -0.39 is 10.0 Å². The van der Waals surface area contributed by atoms with Crippen molar-refractivity contribution in [3.63, 3.8) is 0 Å². The molecule has 1 aliphatic rings. The molecule has 6 heteroatoms. The van der Waals surface area contributed by atoms with Gasteiger partial charge in [-0.3, -0.25) is 0 Å². The van der Waals surface area contributed by atoms with Gasteiger partial charge in [-0.2, -0.15) is 4.31 Å². The molecule has 1 atom stereocenters. The van der Waals surface area contributed by atoms with E-state index in [-0.39, 0.29) is 5.03 Å². The molecule has 118 valence electrons. The van der Waals surface area contributed by atoms with E-state index in [4.69, 9.17) is 0 Å². The Morgan fingerprint density at radius 1 is 1.27 bits per heavy atom. The highest BCUT2D eigenvalue weighted by molar-refractivity contribution is 7.89. The number of benzene rings is 1. The van der Waals surface area contributed by atoms with Crippen LogP contribution in [0.25, 0.3) is 10.4 Å². The summed E-state index contributed by atoms with van der Waals surface area (Å²) in [6.07, 6.45) is 2.01. The summed E-state index contributed by atoms with van der Waals surface area (Å²) in [5.41, 5.74) is 0.914. The number of nitrogens with zero attached hydrogens (tertiary/aromatic N) is 2. The number of rotatable bonds is 3. The zero-order valence-electron chi connectivity index (χ0n) is 12.8. The molecule has 1 fully saturated rings. The van der Waals surface area contributed by atoms with Crippen LogP contribution in [0.4, 0.5) is 0 Å². The second-order valence-corrected chi connectivity index (χ2v) is 8.90. The molecule has 0 amide bonds. The average Bonchev–Trinajstić information content (AvgIpc) is 2.91. The van der Waals surface area contributed by atoms with Gasteiger partial charge in [0, 0.05) is 13.1 Å². The monoisotopic (exact) mass is 336 g/mol. The van der Waals surface area contributed by atoms with Crippen molar-refractivity contribution in [2.45, 2.75) is 31.7 Å². The van der Waals surface area contributed by atoms with Gasteiger partial charge in [0.25, 0.3) is 10.0 Å². The lowest BCUT2D eigenvalue weighted by molar-refractivity contribution is 0.281. The maximum absolute atomic E-state index is 13.0. The molecule has 22 heavy (non-hydrogen) atoms. The van der Waals surface area contributed by atoms with Crippen molar-refractivity contribution < 1.29 is 8.42 Å². The molecule has 0 spiro atoms. The Kier molecular flexibility index (Phi) is 4.34. The number of sulfonamides is 1. The predicted octanol–water partition coefficient (Wildman–Crippen LogP) is 3.54. The summed E-state index contributed by atoms with van der Waals surface area (Å²) < 4.78 is 27.6. The highest BCUT2D eigenvalue weighted by Crippen LogP contribution is 2.35. The highest BCUT2D eigenvalue weighted by atomic mass is 32.2. The van der Waals surface area contributed by atoms with Crippen LogP contribution < -0.4 is 0 Å². The van der Waals surface area contributed by atoms with Crippen LogP contribution in [0, 0.1) is 12.8 Å². The molecular formula is C16H20N2O2S2. The van der Waals surface area contributed by atoms with E-state index in [0.717, 1.165) is 28.3 Å². The van der Waals surface area contributed by atoms with Crippen molar-refractivity contribution in [1.82, 2.24) is 9.29 Å². The van der Waals surface area contributed by atoms with Crippen molar-refractivity contribution in [1.29, 1.82) is 0 Å². The minimum Gasteiger partial charge on any atom is -0.228 e. The lowest BCUT2D eigenvalue weighted by atomic mass is 10.0. The van der Waals surface area contributed by atoms with E-state index >= 15 is 0 Å². The highest BCUT2D eigenvalue weighted by Gasteiger charge is 2.33. The molecule has 0 radical (unpaired) electrons. The van der Waals surface area contributed by atoms with Crippen LogP contribution in [0.1, 0.15) is 24.8 Å². The van der Waals surface area contributed by atoms with Crippen LogP contribution in [0.3, 0.4) is 0 Å². The van der Waals surface area contributed by atoms with Gasteiger partial charge in [-0.15, -0.1) is 11.3 Å². The molecule has 0 bridgehead atoms. The van der Waals surface area contributed by atoms with Crippen LogP contribution in [0.5, 0.6) is 0 Å². The second-order valence-electron chi connectivity index (χ2n) is 5.84. The fraction of sp³-hybridized carbons (Fsp3) is 0.438. The smallest absolute Gasteiger partial charge is 0.228 e. The Bertz CT molecular complexity index is 754. The quantitative estimate of drug-likeness (QED) is 0.861. The van der Waals surface area contributed by atoms with Crippen molar-refractivity contribution in [3.05, 3.63) is 35.3 Å². The molecule has 0 saturated carbocycles. The third-order valence-corrected chi connectivity index (χ3v) is 6.89. The summed E-state index contributed by atoms with van der Waals surface area (Å²) in [7, 11) is -3.52. The summed E-state index contributed by atoms with van der Waals surface area (Å²) in [6.45, 7) is 5.14. The predicted molar refractivity (Wildman–Crippen MR) is 89.4 cm³/mol. The number of hydrogen-bond acceptors (Lipinski definition) is 4. The van der Waals surface area contributed by atoms with Crippen LogP contribution in [0.15, 0.2) is 35.4 Å². The molecule has 2 heterocycles. The topological polar surface area (TPSA) is 50.3 Å². The molecule has 1 aromatic carbocycles. The van der Waals surface area contributed by atoms with Gasteiger partial charge in [0.2, 0.25) is 0 Å². The zero-order chi connectivity index (χ0) is 15.7. The molecule has 0 unspecified atom stereocenters. The van der Waals surface area contributed by atoms with Crippen molar-refractivity contribution in [3.8, 4) is 10.4 Å². The van der Waals surface area contributed by atoms with E-state index in [1.807, 2.05) is 37.3 Å². The van der Waals surface area contributed by atoms with E-state index in [9.17, 15) is 8.42 Å². The Morgan fingerprint density at radius 3 is 2.68 bits per heavy atom. The zero-order valence-corrected chi connectivity index (χ0v) is 14.5. The van der Waals surface area contributed by atoms with Gasteiger partial charge in [-0.05, 0) is 31.2 Å². The largest absolute Gasteiger partial charge is 0.262 e. The molecule has 0 N–H and O–H groups in total. The van der Waals surface area contributed by atoms with E-state index in [1.165, 1.54) is 11.3 Å². The Balaban J connectivity index is 2.04. The molecule has 1 saturated heterocycles. The van der Waals surface area contributed by atoms with Gasteiger partial charge >= 0.3 is 0 Å². The van der Waals surface area contributed by atoms with E-state index in [2.05, 4.69) is 11.9 Å². The SMILES string of the molecule is Cc1nc(S(=O)(=O)N2CCC[C@H](C)C2)c(-c2ccccc2)s1. The maximum Gasteiger partial charge on any atom is 0.262 e. The van der Waals surface area contributed by atoms with Crippen molar-refractivity contribution >= 4 is 21.4 Å². The molecule has 1 aromatic heterocycles. The molecule has 0 aliphatic carbocycles. The molecule has 3 rings (SSSR count). The molecule has 2 aromatic rings. The first-order chi connectivity index (χ1) is 10.5. The Morgan fingerprint density at radius 2 is 2.00 bits per heavy atom. The third kappa shape index (κ3) is 2.95. The summed E-state index contributed by atoms with van der Waals surface area (Å²) in [5, 5.41) is 0.998. The first-order valence-electron chi connectivity index (χ1n) is 7.51. The lowest BCUT2D eigenvalue weighted by Gasteiger charge is -2.29. The molecular weight excluding hydrogens is 316 g/mol. The third-order valence-electron chi connectivity index (χ3n) is 3.94. The van der Waals surface area contributed by atoms with Crippen molar-refractivity contribution in [2.75, 3.05) is 13.1 Å². The van der Waals surface area contributed by atoms with Gasteiger partial charge < -0.3 is 0 Å². The minimum atomic E-state index is -3.52. The summed E-state index contributed by atoms with van der Waals surface area (Å²) in [4.78, 5) is 5.09. The number of hydrogen-bond donors (Lipinski definition) is 0. The van der Waals surface area contributed by atoms with Gasteiger partial charge in [0.1, 0.15) is 0 Å². The van der Waals surface area contributed by atoms with E-state index in [0.29, 0.717) is 19.0 Å². The molecule has 4 nitrogen and oxygen atoms in total. The van der Waals surface area contributed by atoms with Gasteiger partial charge in [0.05, 0.1) is 9.88 Å². The fourth-order valence-electron chi connectivity index (χ4n) is 2.84. The number of thiazole rings is 1. The Labute approximate surface area is 135 Å². The maximum atomic E-state index is 13.0. The summed E-state index contributed by atoms with van der Waals surface area (Å²) in [6, 6.07) is 9.64. The first-order valence-corrected chi connectivity index (χ1v) is 9.77. The van der Waals surface area contributed by atoms with E-state index in [1.54, 1.807) is 4.31 Å². The normalized spacial score (nSPS) is 20.2. The van der Waals surface area contributed by atoms with Crippen LogP contribution >= 0.6 is 11.3 Å². The van der Waals surface area contributed by atoms with Gasteiger partial charge in [0.15, 0.2) is 5.03 Å². The standard InChI is InChI=1S/C16H20N2O2S2/c1-12-7-6-10-18(11-12)22(19,20)16-15(21-13(2)17-16)14-8-4-3-5-9-14/h3-5,8-9,12H,6-7,10-11H2,1-2H3/t12-/m0/s1. The van der Waals surface area contributed by atoms with Gasteiger partial charge in [-0.25, -0.2) is 13.4 Å². The first kappa shape index (κ1) is 15.6. The van der Waals surface area contributed by atoms with Gasteiger partial charge in [-0.1, -0.05) is 37.3 Å². The van der Waals surface area contributed by atoms with Crippen molar-refractivity contribution in [2.24, 2.45) is 5.92 Å². The van der Waals surface area contributed by atoms with Crippen LogP contribution in [-0.2, 0) is 10.0 Å². The number of aromatic nitrogens is 1. The number of aryl methyl sites for hydroxylation is 1. The van der Waals surface area contributed by atoms with Crippen LogP contribution in [0.2, 0.25) is 0 Å². The summed E-state index contributed by atoms with van der Waals surface area (Å²) in [5.74, 6) is 0.406. The second kappa shape index (κ2) is 6.10. The number of piperidine rings is 1.